The summed E-state index contributed by atoms with van der Waals surface area (Å²) in [4.78, 5) is 0. The summed E-state index contributed by atoms with van der Waals surface area (Å²) in [6, 6.07) is 5.69. The molecule has 0 aliphatic rings. The van der Waals surface area contributed by atoms with Gasteiger partial charge in [0.25, 0.3) is 0 Å². The van der Waals surface area contributed by atoms with E-state index in [1.54, 1.807) is 7.11 Å². The molecule has 0 saturated carbocycles. The Labute approximate surface area is 147 Å². The fourth-order valence-electron chi connectivity index (χ4n) is 2.64. The van der Waals surface area contributed by atoms with Gasteiger partial charge < -0.3 is 20.4 Å². The lowest BCUT2D eigenvalue weighted by Gasteiger charge is -2.15. The second-order valence-electron chi connectivity index (χ2n) is 5.80. The van der Waals surface area contributed by atoms with Gasteiger partial charge in [-0.25, -0.2) is 0 Å². The zero-order chi connectivity index (χ0) is 18.2. The van der Waals surface area contributed by atoms with E-state index in [9.17, 15) is 0 Å². The van der Waals surface area contributed by atoms with Crippen LogP contribution in [0.5, 0.6) is 5.75 Å². The Kier molecular flexibility index (Phi) is 6.71. The lowest BCUT2D eigenvalue weighted by atomic mass is 10.0. The van der Waals surface area contributed by atoms with Gasteiger partial charge in [0.05, 0.1) is 30.8 Å². The number of aromatic nitrogens is 2. The molecule has 0 saturated heterocycles. The number of anilines is 1. The minimum atomic E-state index is 0.464. The number of nitrogen functional groups attached to an aromatic ring is 1. The van der Waals surface area contributed by atoms with Crippen molar-refractivity contribution in [2.45, 2.75) is 33.3 Å². The van der Waals surface area contributed by atoms with Crippen molar-refractivity contribution in [3.63, 3.8) is 0 Å². The number of oxime groups is 1. The molecule has 0 unspecified atom stereocenters. The van der Waals surface area contributed by atoms with Crippen molar-refractivity contribution in [3.8, 4) is 5.75 Å². The van der Waals surface area contributed by atoms with Crippen LogP contribution in [0.2, 0.25) is 0 Å². The van der Waals surface area contributed by atoms with Gasteiger partial charge in [0.2, 0.25) is 0 Å². The predicted octanol–water partition coefficient (Wildman–Crippen LogP) is 2.64. The third-order valence-electron chi connectivity index (χ3n) is 3.86. The number of hydrogen-bond donors (Lipinski definition) is 2. The van der Waals surface area contributed by atoms with E-state index in [4.69, 9.17) is 20.4 Å². The first-order chi connectivity index (χ1) is 12.1. The van der Waals surface area contributed by atoms with Crippen LogP contribution in [0, 0.1) is 13.8 Å². The molecule has 134 valence electrons. The molecule has 0 bridgehead atoms. The van der Waals surface area contributed by atoms with Crippen LogP contribution >= 0.6 is 0 Å². The van der Waals surface area contributed by atoms with Crippen molar-refractivity contribution in [2.24, 2.45) is 5.16 Å². The molecule has 2 aromatic rings. The van der Waals surface area contributed by atoms with Crippen molar-refractivity contribution in [2.75, 3.05) is 19.5 Å². The summed E-state index contributed by atoms with van der Waals surface area (Å²) in [5.74, 6) is 0.769. The molecule has 0 amide bonds. The number of aryl methyl sites for hydroxylation is 2. The van der Waals surface area contributed by atoms with E-state index < -0.39 is 0 Å². The molecule has 7 nitrogen and oxygen atoms in total. The van der Waals surface area contributed by atoms with E-state index in [-0.39, 0.29) is 0 Å². The van der Waals surface area contributed by atoms with E-state index in [1.807, 2.05) is 32.0 Å². The Morgan fingerprint density at radius 2 is 1.96 bits per heavy atom. The fraction of sp³-hybridized carbons (Fsp3) is 0.389. The van der Waals surface area contributed by atoms with Gasteiger partial charge in [-0.05, 0) is 50.5 Å². The van der Waals surface area contributed by atoms with Crippen molar-refractivity contribution >= 4 is 11.9 Å². The monoisotopic (exact) mass is 344 g/mol. The molecule has 0 fully saturated rings. The third kappa shape index (κ3) is 4.90. The number of rotatable bonds is 8. The van der Waals surface area contributed by atoms with Crippen LogP contribution in [0.15, 0.2) is 23.4 Å². The molecule has 0 atom stereocenters. The zero-order valence-electron chi connectivity index (χ0n) is 14.8. The van der Waals surface area contributed by atoms with E-state index >= 15 is 0 Å². The van der Waals surface area contributed by atoms with Crippen LogP contribution < -0.4 is 10.5 Å². The van der Waals surface area contributed by atoms with Gasteiger partial charge in [0, 0.05) is 23.9 Å². The van der Waals surface area contributed by atoms with Gasteiger partial charge >= 0.3 is 0 Å². The normalized spacial score (nSPS) is 11.2. The molecule has 7 heteroatoms. The number of benzene rings is 1. The fourth-order valence-corrected chi connectivity index (χ4v) is 2.64. The van der Waals surface area contributed by atoms with Crippen molar-refractivity contribution in [1.82, 2.24) is 10.2 Å². The number of hydrogen-bond acceptors (Lipinski definition) is 7. The van der Waals surface area contributed by atoms with Gasteiger partial charge in [0.15, 0.2) is 0 Å². The summed E-state index contributed by atoms with van der Waals surface area (Å²) < 4.78 is 10.9. The summed E-state index contributed by atoms with van der Waals surface area (Å²) in [5, 5.41) is 20.1. The average Bonchev–Trinajstić information content (AvgIpc) is 2.59. The lowest BCUT2D eigenvalue weighted by Crippen LogP contribution is -2.07. The third-order valence-corrected chi connectivity index (χ3v) is 3.86. The molecule has 2 rings (SSSR count). The maximum absolute atomic E-state index is 8.77. The molecule has 0 aliphatic carbocycles. The highest BCUT2D eigenvalue weighted by Gasteiger charge is 2.12. The van der Waals surface area contributed by atoms with Gasteiger partial charge in [0.1, 0.15) is 5.75 Å². The zero-order valence-corrected chi connectivity index (χ0v) is 14.8. The van der Waals surface area contributed by atoms with Crippen molar-refractivity contribution in [3.05, 3.63) is 46.3 Å². The minimum Gasteiger partial charge on any atom is -0.493 e. The van der Waals surface area contributed by atoms with Crippen LogP contribution in [0.25, 0.3) is 0 Å². The Morgan fingerprint density at radius 3 is 2.60 bits per heavy atom. The molecule has 1 aromatic heterocycles. The van der Waals surface area contributed by atoms with Crippen molar-refractivity contribution in [1.29, 1.82) is 0 Å². The molecule has 0 aliphatic heterocycles. The Hall–Kier alpha value is -2.67. The van der Waals surface area contributed by atoms with E-state index in [0.29, 0.717) is 24.5 Å². The molecule has 1 aromatic carbocycles. The first kappa shape index (κ1) is 18.7. The topological polar surface area (TPSA) is 103 Å². The summed E-state index contributed by atoms with van der Waals surface area (Å²) in [6.45, 7) is 4.85. The molecular formula is C18H24N4O3. The number of nitrogens with zero attached hydrogens (tertiary/aromatic N) is 3. The predicted molar refractivity (Wildman–Crippen MR) is 96.3 cm³/mol. The minimum absolute atomic E-state index is 0.464. The maximum atomic E-state index is 8.77. The van der Waals surface area contributed by atoms with Crippen LogP contribution in [0.4, 0.5) is 5.69 Å². The molecule has 1 heterocycles. The number of methoxy groups -OCH3 is 1. The van der Waals surface area contributed by atoms with Gasteiger partial charge in [-0.3, -0.25) is 0 Å². The van der Waals surface area contributed by atoms with Gasteiger partial charge in [-0.1, -0.05) is 5.16 Å². The molecule has 0 radical (unpaired) electrons. The van der Waals surface area contributed by atoms with E-state index in [1.165, 1.54) is 6.21 Å². The van der Waals surface area contributed by atoms with E-state index in [2.05, 4.69) is 15.4 Å². The highest BCUT2D eigenvalue weighted by Crippen LogP contribution is 2.30. The highest BCUT2D eigenvalue weighted by molar-refractivity contribution is 5.90. The number of nitrogens with two attached hydrogens (primary N) is 1. The summed E-state index contributed by atoms with van der Waals surface area (Å²) in [6.07, 6.45) is 2.91. The Morgan fingerprint density at radius 1 is 1.24 bits per heavy atom. The average molecular weight is 344 g/mol. The molecule has 3 N–H and O–H groups in total. The summed E-state index contributed by atoms with van der Waals surface area (Å²) in [7, 11) is 1.63. The molecule has 25 heavy (non-hydrogen) atoms. The second-order valence-corrected chi connectivity index (χ2v) is 5.80. The SMILES string of the molecule is COCc1ccc(CCCOc2c(C)cc(N)c(C=NO)c2C)nn1. The smallest absolute Gasteiger partial charge is 0.125 e. The quantitative estimate of drug-likeness (QED) is 0.251. The second kappa shape index (κ2) is 8.98. The Bertz CT molecular complexity index is 730. The highest BCUT2D eigenvalue weighted by atomic mass is 16.5. The maximum Gasteiger partial charge on any atom is 0.125 e. The van der Waals surface area contributed by atoms with Crippen LogP contribution in [-0.4, -0.2) is 35.3 Å². The first-order valence-corrected chi connectivity index (χ1v) is 8.07. The van der Waals surface area contributed by atoms with Crippen molar-refractivity contribution < 1.29 is 14.7 Å². The lowest BCUT2D eigenvalue weighted by molar-refractivity contribution is 0.180. The standard InChI is InChI=1S/C18H24N4O3/c1-12-9-17(19)16(10-20-23)13(2)18(12)25-8-4-5-14-6-7-15(11-24-3)22-21-14/h6-7,9-10,23H,4-5,8,11,19H2,1-3H3. The molecular weight excluding hydrogens is 320 g/mol. The van der Waals surface area contributed by atoms with Gasteiger partial charge in [-0.15, -0.1) is 0 Å². The Balaban J connectivity index is 1.94. The number of ether oxygens (including phenoxy) is 2. The van der Waals surface area contributed by atoms with Gasteiger partial charge in [-0.2, -0.15) is 10.2 Å². The van der Waals surface area contributed by atoms with E-state index in [0.717, 1.165) is 41.1 Å². The molecule has 0 spiro atoms. The first-order valence-electron chi connectivity index (χ1n) is 8.07. The summed E-state index contributed by atoms with van der Waals surface area (Å²) in [5.41, 5.74) is 10.7. The van der Waals surface area contributed by atoms with Crippen LogP contribution in [0.1, 0.15) is 34.5 Å². The van der Waals surface area contributed by atoms with Crippen LogP contribution in [0.3, 0.4) is 0 Å². The summed E-state index contributed by atoms with van der Waals surface area (Å²) >= 11 is 0. The van der Waals surface area contributed by atoms with Crippen LogP contribution in [-0.2, 0) is 17.8 Å². The largest absolute Gasteiger partial charge is 0.493 e.